The maximum Gasteiger partial charge on any atom is 0.337 e. The number of carboxylic acids is 1. The number of hydrogen-bond acceptors (Lipinski definition) is 2. The molecule has 0 saturated heterocycles. The Labute approximate surface area is 153 Å². The molecule has 2 aromatic rings. The molecule has 0 radical (unpaired) electrons. The van der Waals surface area contributed by atoms with Crippen LogP contribution in [0.4, 0.5) is 5.69 Å². The number of anilines is 1. The van der Waals surface area contributed by atoms with E-state index >= 15 is 0 Å². The van der Waals surface area contributed by atoms with Gasteiger partial charge in [-0.2, -0.15) is 0 Å². The van der Waals surface area contributed by atoms with E-state index in [-0.39, 0.29) is 16.3 Å². The van der Waals surface area contributed by atoms with E-state index in [1.54, 1.807) is 25.1 Å². The zero-order chi connectivity index (χ0) is 17.9. The van der Waals surface area contributed by atoms with E-state index in [0.717, 1.165) is 5.56 Å². The lowest BCUT2D eigenvalue weighted by atomic mass is 10.1. The van der Waals surface area contributed by atoms with Crippen molar-refractivity contribution in [2.75, 3.05) is 5.32 Å². The standard InChI is InChI=1S/C17H12Cl3NO3/c1-9(10-2-4-13(19)14(20)7-10)6-16(22)21-15-5-3-11(18)8-12(15)17(23)24/h2-8H,1H3,(H,21,22)(H,23,24). The Morgan fingerprint density at radius 2 is 1.75 bits per heavy atom. The van der Waals surface area contributed by atoms with Gasteiger partial charge in [0.05, 0.1) is 21.3 Å². The first-order valence-corrected chi connectivity index (χ1v) is 7.89. The minimum absolute atomic E-state index is 0.0866. The van der Waals surface area contributed by atoms with Crippen LogP contribution in [0.15, 0.2) is 42.5 Å². The number of carbonyl (C=O) groups excluding carboxylic acids is 1. The van der Waals surface area contributed by atoms with Crippen molar-refractivity contribution in [3.63, 3.8) is 0 Å². The fourth-order valence-electron chi connectivity index (χ4n) is 1.99. The van der Waals surface area contributed by atoms with Crippen molar-refractivity contribution in [1.29, 1.82) is 0 Å². The number of rotatable bonds is 4. The summed E-state index contributed by atoms with van der Waals surface area (Å²) in [5.41, 5.74) is 1.46. The summed E-state index contributed by atoms with van der Waals surface area (Å²) in [6.45, 7) is 1.74. The summed E-state index contributed by atoms with van der Waals surface area (Å²) in [6, 6.07) is 9.22. The molecule has 2 aromatic carbocycles. The predicted octanol–water partition coefficient (Wildman–Crippen LogP) is 5.39. The van der Waals surface area contributed by atoms with E-state index in [1.165, 1.54) is 24.3 Å². The molecule has 7 heteroatoms. The molecule has 0 aliphatic carbocycles. The highest BCUT2D eigenvalue weighted by molar-refractivity contribution is 6.42. The summed E-state index contributed by atoms with van der Waals surface area (Å²) in [7, 11) is 0. The third-order valence-corrected chi connectivity index (χ3v) is 4.17. The highest BCUT2D eigenvalue weighted by atomic mass is 35.5. The molecular weight excluding hydrogens is 373 g/mol. The van der Waals surface area contributed by atoms with Gasteiger partial charge in [-0.25, -0.2) is 4.79 Å². The van der Waals surface area contributed by atoms with Gasteiger partial charge < -0.3 is 10.4 Å². The molecule has 0 spiro atoms. The van der Waals surface area contributed by atoms with Crippen LogP contribution in [-0.4, -0.2) is 17.0 Å². The number of benzene rings is 2. The van der Waals surface area contributed by atoms with E-state index in [1.807, 2.05) is 0 Å². The molecule has 124 valence electrons. The van der Waals surface area contributed by atoms with Crippen LogP contribution in [0.25, 0.3) is 5.57 Å². The van der Waals surface area contributed by atoms with Gasteiger partial charge in [0.2, 0.25) is 5.91 Å². The topological polar surface area (TPSA) is 66.4 Å². The molecule has 0 unspecified atom stereocenters. The summed E-state index contributed by atoms with van der Waals surface area (Å²) in [5, 5.41) is 12.8. The Balaban J connectivity index is 2.24. The predicted molar refractivity (Wildman–Crippen MR) is 97.2 cm³/mol. The summed E-state index contributed by atoms with van der Waals surface area (Å²) in [4.78, 5) is 23.4. The van der Waals surface area contributed by atoms with Crippen LogP contribution < -0.4 is 5.32 Å². The van der Waals surface area contributed by atoms with Crippen molar-refractivity contribution in [3.05, 3.63) is 68.7 Å². The van der Waals surface area contributed by atoms with Gasteiger partial charge in [0.15, 0.2) is 0 Å². The fraction of sp³-hybridized carbons (Fsp3) is 0.0588. The normalized spacial score (nSPS) is 11.2. The largest absolute Gasteiger partial charge is 0.478 e. The van der Waals surface area contributed by atoms with Gasteiger partial charge >= 0.3 is 5.97 Å². The summed E-state index contributed by atoms with van der Waals surface area (Å²) < 4.78 is 0. The Kier molecular flexibility index (Phi) is 5.89. The lowest BCUT2D eigenvalue weighted by Gasteiger charge is -2.08. The molecule has 0 atom stereocenters. The molecule has 0 fully saturated rings. The second kappa shape index (κ2) is 7.71. The van der Waals surface area contributed by atoms with Crippen LogP contribution in [0.5, 0.6) is 0 Å². The Morgan fingerprint density at radius 3 is 2.38 bits per heavy atom. The average molecular weight is 385 g/mol. The van der Waals surface area contributed by atoms with E-state index < -0.39 is 11.9 Å². The van der Waals surface area contributed by atoms with Gasteiger partial charge in [-0.3, -0.25) is 4.79 Å². The Morgan fingerprint density at radius 1 is 1.04 bits per heavy atom. The molecule has 4 nitrogen and oxygen atoms in total. The van der Waals surface area contributed by atoms with Gasteiger partial charge in [-0.15, -0.1) is 0 Å². The molecule has 0 heterocycles. The fourth-order valence-corrected chi connectivity index (χ4v) is 2.46. The monoisotopic (exact) mass is 383 g/mol. The first kappa shape index (κ1) is 18.3. The van der Waals surface area contributed by atoms with E-state index in [2.05, 4.69) is 5.32 Å². The van der Waals surface area contributed by atoms with Crippen LogP contribution in [0.1, 0.15) is 22.8 Å². The zero-order valence-electron chi connectivity index (χ0n) is 12.4. The van der Waals surface area contributed by atoms with Crippen LogP contribution in [0, 0.1) is 0 Å². The number of aromatic carboxylic acids is 1. The number of halogens is 3. The van der Waals surface area contributed by atoms with Crippen LogP contribution in [0.3, 0.4) is 0 Å². The van der Waals surface area contributed by atoms with Crippen molar-refractivity contribution in [2.24, 2.45) is 0 Å². The third kappa shape index (κ3) is 4.51. The molecular formula is C17H12Cl3NO3. The number of hydrogen-bond donors (Lipinski definition) is 2. The molecule has 1 amide bonds. The number of carbonyl (C=O) groups is 2. The maximum atomic E-state index is 12.1. The summed E-state index contributed by atoms with van der Waals surface area (Å²) in [6.07, 6.45) is 1.35. The summed E-state index contributed by atoms with van der Waals surface area (Å²) >= 11 is 17.6. The second-order valence-corrected chi connectivity index (χ2v) is 6.19. The molecule has 24 heavy (non-hydrogen) atoms. The average Bonchev–Trinajstić information content (AvgIpc) is 2.51. The van der Waals surface area contributed by atoms with Gasteiger partial charge in [0, 0.05) is 11.1 Å². The first-order valence-electron chi connectivity index (χ1n) is 6.75. The van der Waals surface area contributed by atoms with Gasteiger partial charge in [-0.1, -0.05) is 40.9 Å². The SMILES string of the molecule is CC(=CC(=O)Nc1ccc(Cl)cc1C(=O)O)c1ccc(Cl)c(Cl)c1. The number of nitrogens with one attached hydrogen (secondary N) is 1. The van der Waals surface area contributed by atoms with Crippen molar-refractivity contribution in [1.82, 2.24) is 0 Å². The van der Waals surface area contributed by atoms with Crippen LogP contribution >= 0.6 is 34.8 Å². The van der Waals surface area contributed by atoms with Gasteiger partial charge in [0.25, 0.3) is 0 Å². The molecule has 0 saturated carbocycles. The lowest BCUT2D eigenvalue weighted by Crippen LogP contribution is -2.12. The number of amides is 1. The van der Waals surface area contributed by atoms with Crippen LogP contribution in [0.2, 0.25) is 15.1 Å². The number of allylic oxidation sites excluding steroid dienone is 1. The summed E-state index contributed by atoms with van der Waals surface area (Å²) in [5.74, 6) is -1.65. The highest BCUT2D eigenvalue weighted by Crippen LogP contribution is 2.26. The van der Waals surface area contributed by atoms with Gasteiger partial charge in [0.1, 0.15) is 0 Å². The smallest absolute Gasteiger partial charge is 0.337 e. The number of carboxylic acid groups (broad SMARTS) is 1. The maximum absolute atomic E-state index is 12.1. The molecule has 0 aliphatic rings. The minimum Gasteiger partial charge on any atom is -0.478 e. The highest BCUT2D eigenvalue weighted by Gasteiger charge is 2.12. The molecule has 2 N–H and O–H groups in total. The van der Waals surface area contributed by atoms with Gasteiger partial charge in [-0.05, 0) is 48.4 Å². The zero-order valence-corrected chi connectivity index (χ0v) is 14.7. The third-order valence-electron chi connectivity index (χ3n) is 3.19. The van der Waals surface area contributed by atoms with Crippen molar-refractivity contribution in [3.8, 4) is 0 Å². The van der Waals surface area contributed by atoms with E-state index in [0.29, 0.717) is 15.6 Å². The van der Waals surface area contributed by atoms with E-state index in [9.17, 15) is 9.59 Å². The lowest BCUT2D eigenvalue weighted by molar-refractivity contribution is -0.111. The van der Waals surface area contributed by atoms with Crippen molar-refractivity contribution in [2.45, 2.75) is 6.92 Å². The van der Waals surface area contributed by atoms with Crippen molar-refractivity contribution >= 4 is 57.9 Å². The van der Waals surface area contributed by atoms with Crippen LogP contribution in [-0.2, 0) is 4.79 Å². The molecule has 2 rings (SSSR count). The Hall–Kier alpha value is -2.01. The Bertz CT molecular complexity index is 847. The minimum atomic E-state index is -1.18. The van der Waals surface area contributed by atoms with E-state index in [4.69, 9.17) is 39.9 Å². The quantitative estimate of drug-likeness (QED) is 0.695. The molecule has 0 aromatic heterocycles. The first-order chi connectivity index (χ1) is 11.3. The molecule has 0 bridgehead atoms. The van der Waals surface area contributed by atoms with Crippen molar-refractivity contribution < 1.29 is 14.7 Å². The second-order valence-electron chi connectivity index (χ2n) is 4.94. The molecule has 0 aliphatic heterocycles.